The number of aryl methyl sites for hydroxylation is 2. The van der Waals surface area contributed by atoms with E-state index in [1.165, 1.54) is 5.56 Å². The van der Waals surface area contributed by atoms with Crippen LogP contribution in [0.2, 0.25) is 5.02 Å². The second-order valence-corrected chi connectivity index (χ2v) is 6.54. The SMILES string of the molecule is CC[C@H]1CN(C(=O)Nc2ccc(C)c(C)c2)c2cc(Cl)ccc2O1. The number of carbonyl (C=O) groups is 1. The third kappa shape index (κ3) is 3.34. The molecule has 1 N–H and O–H groups in total. The summed E-state index contributed by atoms with van der Waals surface area (Å²) in [7, 11) is 0. The van der Waals surface area contributed by atoms with Crippen molar-refractivity contribution >= 4 is 29.0 Å². The summed E-state index contributed by atoms with van der Waals surface area (Å²) in [6.07, 6.45) is 0.805. The second kappa shape index (κ2) is 6.73. The molecule has 1 aliphatic heterocycles. The van der Waals surface area contributed by atoms with Crippen molar-refractivity contribution in [3.8, 4) is 5.75 Å². The third-order valence-electron chi connectivity index (χ3n) is 4.35. The smallest absolute Gasteiger partial charge is 0.326 e. The molecule has 3 rings (SSSR count). The van der Waals surface area contributed by atoms with Crippen molar-refractivity contribution in [3.05, 3.63) is 52.5 Å². The lowest BCUT2D eigenvalue weighted by Crippen LogP contribution is -2.45. The molecule has 0 bridgehead atoms. The lowest BCUT2D eigenvalue weighted by Gasteiger charge is -2.34. The zero-order valence-corrected chi connectivity index (χ0v) is 14.9. The minimum absolute atomic E-state index is 0.0239. The van der Waals surface area contributed by atoms with Crippen molar-refractivity contribution < 1.29 is 9.53 Å². The molecule has 126 valence electrons. The van der Waals surface area contributed by atoms with E-state index in [1.54, 1.807) is 17.0 Å². The van der Waals surface area contributed by atoms with Gasteiger partial charge in [0.05, 0.1) is 12.2 Å². The van der Waals surface area contributed by atoms with Gasteiger partial charge in [-0.25, -0.2) is 4.79 Å². The molecule has 0 spiro atoms. The van der Waals surface area contributed by atoms with Crippen LogP contribution in [-0.4, -0.2) is 18.7 Å². The van der Waals surface area contributed by atoms with Crippen molar-refractivity contribution in [2.75, 3.05) is 16.8 Å². The molecular formula is C19H21ClN2O2. The Labute approximate surface area is 147 Å². The Balaban J connectivity index is 1.88. The van der Waals surface area contributed by atoms with Crippen molar-refractivity contribution in [2.45, 2.75) is 33.3 Å². The number of anilines is 2. The number of urea groups is 1. The van der Waals surface area contributed by atoms with E-state index < -0.39 is 0 Å². The van der Waals surface area contributed by atoms with Gasteiger partial charge in [0.2, 0.25) is 0 Å². The fourth-order valence-electron chi connectivity index (χ4n) is 2.73. The first-order chi connectivity index (χ1) is 11.5. The number of nitrogens with one attached hydrogen (secondary N) is 1. The number of nitrogens with zero attached hydrogens (tertiary/aromatic N) is 1. The molecule has 2 amide bonds. The molecule has 0 aromatic heterocycles. The Hall–Kier alpha value is -2.20. The summed E-state index contributed by atoms with van der Waals surface area (Å²) < 4.78 is 5.92. The number of halogens is 1. The average molecular weight is 345 g/mol. The molecule has 1 aliphatic rings. The van der Waals surface area contributed by atoms with Gasteiger partial charge in [-0.2, -0.15) is 0 Å². The number of rotatable bonds is 2. The van der Waals surface area contributed by atoms with Gasteiger partial charge in [-0.05, 0) is 61.7 Å². The summed E-state index contributed by atoms with van der Waals surface area (Å²) in [4.78, 5) is 14.5. The largest absolute Gasteiger partial charge is 0.486 e. The summed E-state index contributed by atoms with van der Waals surface area (Å²) >= 11 is 6.10. The lowest BCUT2D eigenvalue weighted by molar-refractivity contribution is 0.188. The monoisotopic (exact) mass is 344 g/mol. The van der Waals surface area contributed by atoms with Gasteiger partial charge in [-0.15, -0.1) is 0 Å². The molecule has 2 aromatic carbocycles. The van der Waals surface area contributed by atoms with E-state index in [0.29, 0.717) is 23.0 Å². The van der Waals surface area contributed by atoms with E-state index in [4.69, 9.17) is 16.3 Å². The van der Waals surface area contributed by atoms with Crippen LogP contribution in [-0.2, 0) is 0 Å². The molecule has 1 heterocycles. The molecule has 0 unspecified atom stereocenters. The molecule has 4 nitrogen and oxygen atoms in total. The van der Waals surface area contributed by atoms with E-state index in [9.17, 15) is 4.79 Å². The standard InChI is InChI=1S/C19H21ClN2O2/c1-4-16-11-22(17-10-14(20)6-8-18(17)24-16)19(23)21-15-7-5-12(2)13(3)9-15/h5-10,16H,4,11H2,1-3H3,(H,21,23)/t16-/m0/s1. The predicted molar refractivity (Wildman–Crippen MR) is 98.4 cm³/mol. The molecule has 1 atom stereocenters. The van der Waals surface area contributed by atoms with Crippen molar-refractivity contribution in [2.24, 2.45) is 0 Å². The van der Waals surface area contributed by atoms with Crippen LogP contribution in [0, 0.1) is 13.8 Å². The van der Waals surface area contributed by atoms with Gasteiger partial charge < -0.3 is 10.1 Å². The number of amides is 2. The summed E-state index contributed by atoms with van der Waals surface area (Å²) in [6.45, 7) is 6.63. The zero-order valence-electron chi connectivity index (χ0n) is 14.1. The molecule has 24 heavy (non-hydrogen) atoms. The third-order valence-corrected chi connectivity index (χ3v) is 4.59. The van der Waals surface area contributed by atoms with Crippen LogP contribution in [0.15, 0.2) is 36.4 Å². The van der Waals surface area contributed by atoms with E-state index in [-0.39, 0.29) is 12.1 Å². The fourth-order valence-corrected chi connectivity index (χ4v) is 2.90. The summed E-state index contributed by atoms with van der Waals surface area (Å²) in [5, 5.41) is 3.55. The van der Waals surface area contributed by atoms with Crippen LogP contribution in [0.4, 0.5) is 16.2 Å². The van der Waals surface area contributed by atoms with Gasteiger partial charge in [0, 0.05) is 10.7 Å². The molecule has 0 radical (unpaired) electrons. The topological polar surface area (TPSA) is 41.6 Å². The quantitative estimate of drug-likeness (QED) is 0.816. The van der Waals surface area contributed by atoms with E-state index in [1.807, 2.05) is 45.0 Å². The first kappa shape index (κ1) is 16.7. The van der Waals surface area contributed by atoms with E-state index >= 15 is 0 Å². The average Bonchev–Trinajstić information content (AvgIpc) is 2.57. The normalized spacial score (nSPS) is 16.3. The molecule has 2 aromatic rings. The molecule has 5 heteroatoms. The Kier molecular flexibility index (Phi) is 4.67. The number of benzene rings is 2. The maximum atomic E-state index is 12.8. The highest BCUT2D eigenvalue weighted by Crippen LogP contribution is 2.36. The fraction of sp³-hybridized carbons (Fsp3) is 0.316. The Morgan fingerprint density at radius 3 is 2.75 bits per heavy atom. The van der Waals surface area contributed by atoms with Crippen LogP contribution in [0.3, 0.4) is 0 Å². The van der Waals surface area contributed by atoms with Crippen molar-refractivity contribution in [3.63, 3.8) is 0 Å². The molecule has 0 fully saturated rings. The lowest BCUT2D eigenvalue weighted by atomic mass is 10.1. The Morgan fingerprint density at radius 1 is 1.25 bits per heavy atom. The van der Waals surface area contributed by atoms with E-state index in [0.717, 1.165) is 17.7 Å². The molecular weight excluding hydrogens is 324 g/mol. The van der Waals surface area contributed by atoms with Gasteiger partial charge in [-0.1, -0.05) is 24.6 Å². The zero-order chi connectivity index (χ0) is 17.3. The highest BCUT2D eigenvalue weighted by Gasteiger charge is 2.29. The number of hydrogen-bond acceptors (Lipinski definition) is 2. The van der Waals surface area contributed by atoms with Gasteiger partial charge in [0.1, 0.15) is 11.9 Å². The Bertz CT molecular complexity index is 776. The first-order valence-corrected chi connectivity index (χ1v) is 8.47. The predicted octanol–water partition coefficient (Wildman–Crippen LogP) is 5.17. The minimum atomic E-state index is -0.177. The summed E-state index contributed by atoms with van der Waals surface area (Å²) in [5.41, 5.74) is 3.83. The molecule has 0 saturated heterocycles. The van der Waals surface area contributed by atoms with Gasteiger partial charge in [-0.3, -0.25) is 4.90 Å². The van der Waals surface area contributed by atoms with Crippen molar-refractivity contribution in [1.82, 2.24) is 0 Å². The number of hydrogen-bond donors (Lipinski definition) is 1. The number of carbonyl (C=O) groups excluding carboxylic acids is 1. The first-order valence-electron chi connectivity index (χ1n) is 8.10. The van der Waals surface area contributed by atoms with Crippen molar-refractivity contribution in [1.29, 1.82) is 0 Å². The van der Waals surface area contributed by atoms with Crippen LogP contribution in [0.1, 0.15) is 24.5 Å². The van der Waals surface area contributed by atoms with Crippen LogP contribution in [0.25, 0.3) is 0 Å². The van der Waals surface area contributed by atoms with Gasteiger partial charge in [0.25, 0.3) is 0 Å². The van der Waals surface area contributed by atoms with Crippen LogP contribution >= 0.6 is 11.6 Å². The number of fused-ring (bicyclic) bond motifs is 1. The highest BCUT2D eigenvalue weighted by atomic mass is 35.5. The van der Waals surface area contributed by atoms with Gasteiger partial charge >= 0.3 is 6.03 Å². The minimum Gasteiger partial charge on any atom is -0.486 e. The molecule has 0 aliphatic carbocycles. The molecule has 0 saturated carbocycles. The summed E-state index contributed by atoms with van der Waals surface area (Å²) in [6, 6.07) is 11.1. The maximum Gasteiger partial charge on any atom is 0.326 e. The second-order valence-electron chi connectivity index (χ2n) is 6.10. The van der Waals surface area contributed by atoms with Crippen LogP contribution in [0.5, 0.6) is 5.75 Å². The highest BCUT2D eigenvalue weighted by molar-refractivity contribution is 6.31. The van der Waals surface area contributed by atoms with Crippen LogP contribution < -0.4 is 15.0 Å². The Morgan fingerprint density at radius 2 is 2.04 bits per heavy atom. The number of ether oxygens (including phenoxy) is 1. The van der Waals surface area contributed by atoms with Gasteiger partial charge in [0.15, 0.2) is 0 Å². The van der Waals surface area contributed by atoms with E-state index in [2.05, 4.69) is 5.32 Å². The summed E-state index contributed by atoms with van der Waals surface area (Å²) in [5.74, 6) is 0.688. The maximum absolute atomic E-state index is 12.8.